The van der Waals surface area contributed by atoms with Crippen LogP contribution in [0, 0.1) is 6.92 Å². The number of hydrogen-bond donors (Lipinski definition) is 0. The number of carbonyl (C=O) groups is 1. The molecule has 4 rings (SSSR count). The molecule has 26 heavy (non-hydrogen) atoms. The molecular formula is C20H19BrN4O. The average molecular weight is 411 g/mol. The minimum atomic E-state index is 0.0288. The van der Waals surface area contributed by atoms with Gasteiger partial charge in [-0.3, -0.25) is 9.78 Å². The topological polar surface area (TPSA) is 49.3 Å². The molecule has 0 N–H and O–H groups in total. The number of aryl methyl sites for hydroxylation is 1. The van der Waals surface area contributed by atoms with Crippen LogP contribution in [0.1, 0.15) is 15.9 Å². The minimum Gasteiger partial charge on any atom is -0.353 e. The minimum absolute atomic E-state index is 0.0288. The molecule has 1 fully saturated rings. The van der Waals surface area contributed by atoms with Crippen molar-refractivity contribution in [3.05, 3.63) is 64.4 Å². The fourth-order valence-electron chi connectivity index (χ4n) is 3.34. The van der Waals surface area contributed by atoms with E-state index in [9.17, 15) is 4.79 Å². The Balaban J connectivity index is 1.49. The number of anilines is 1. The van der Waals surface area contributed by atoms with Crippen LogP contribution in [-0.4, -0.2) is 47.0 Å². The maximum atomic E-state index is 12.7. The molecular weight excluding hydrogens is 392 g/mol. The standard InChI is InChI=1S/C20H19BrN4O/c1-14-10-19(23-18-5-3-2-4-17(14)18)24-6-8-25(9-7-24)20(26)15-11-16(21)13-22-12-15/h2-5,10-13H,6-9H2,1H3. The lowest BCUT2D eigenvalue weighted by molar-refractivity contribution is 0.0746. The number of fused-ring (bicyclic) bond motifs is 1. The van der Waals surface area contributed by atoms with E-state index in [-0.39, 0.29) is 5.91 Å². The van der Waals surface area contributed by atoms with Gasteiger partial charge < -0.3 is 9.80 Å². The second-order valence-corrected chi connectivity index (χ2v) is 7.40. The number of halogens is 1. The molecule has 1 amide bonds. The van der Waals surface area contributed by atoms with Crippen LogP contribution in [0.25, 0.3) is 10.9 Å². The lowest BCUT2D eigenvalue weighted by atomic mass is 10.1. The van der Waals surface area contributed by atoms with Crippen molar-refractivity contribution in [2.75, 3.05) is 31.1 Å². The van der Waals surface area contributed by atoms with Gasteiger partial charge in [0, 0.05) is 48.4 Å². The first-order valence-corrected chi connectivity index (χ1v) is 9.42. The van der Waals surface area contributed by atoms with E-state index in [1.165, 1.54) is 10.9 Å². The summed E-state index contributed by atoms with van der Waals surface area (Å²) in [6.07, 6.45) is 3.30. The number of aromatic nitrogens is 2. The van der Waals surface area contributed by atoms with Crippen LogP contribution >= 0.6 is 15.9 Å². The molecule has 0 aliphatic carbocycles. The number of piperazine rings is 1. The van der Waals surface area contributed by atoms with E-state index < -0.39 is 0 Å². The van der Waals surface area contributed by atoms with E-state index in [2.05, 4.69) is 44.9 Å². The predicted octanol–water partition coefficient (Wildman–Crippen LogP) is 3.66. The second kappa shape index (κ2) is 7.03. The van der Waals surface area contributed by atoms with Gasteiger partial charge in [0.25, 0.3) is 5.91 Å². The quantitative estimate of drug-likeness (QED) is 0.646. The Hall–Kier alpha value is -2.47. The normalized spacial score (nSPS) is 14.7. The van der Waals surface area contributed by atoms with E-state index in [0.717, 1.165) is 28.9 Å². The molecule has 0 saturated carbocycles. The van der Waals surface area contributed by atoms with Crippen molar-refractivity contribution < 1.29 is 4.79 Å². The van der Waals surface area contributed by atoms with Gasteiger partial charge in [-0.1, -0.05) is 18.2 Å². The number of amides is 1. The van der Waals surface area contributed by atoms with Gasteiger partial charge in [0.05, 0.1) is 11.1 Å². The highest BCUT2D eigenvalue weighted by Crippen LogP contribution is 2.23. The Morgan fingerprint density at radius 1 is 1.08 bits per heavy atom. The van der Waals surface area contributed by atoms with E-state index in [0.29, 0.717) is 18.7 Å². The van der Waals surface area contributed by atoms with Crippen LogP contribution in [0.15, 0.2) is 53.3 Å². The van der Waals surface area contributed by atoms with E-state index in [1.54, 1.807) is 12.4 Å². The maximum absolute atomic E-state index is 12.7. The van der Waals surface area contributed by atoms with Crippen molar-refractivity contribution in [3.63, 3.8) is 0 Å². The largest absolute Gasteiger partial charge is 0.353 e. The molecule has 2 aromatic heterocycles. The number of benzene rings is 1. The van der Waals surface area contributed by atoms with Gasteiger partial charge in [-0.25, -0.2) is 4.98 Å². The van der Waals surface area contributed by atoms with E-state index in [1.807, 2.05) is 29.2 Å². The number of para-hydroxylation sites is 1. The third-order valence-corrected chi connectivity index (χ3v) is 5.19. The third kappa shape index (κ3) is 3.29. The molecule has 6 heteroatoms. The van der Waals surface area contributed by atoms with Crippen LogP contribution in [0.4, 0.5) is 5.82 Å². The molecule has 0 bridgehead atoms. The number of hydrogen-bond acceptors (Lipinski definition) is 4. The van der Waals surface area contributed by atoms with Gasteiger partial charge in [-0.2, -0.15) is 0 Å². The Bertz CT molecular complexity index is 967. The predicted molar refractivity (Wildman–Crippen MR) is 107 cm³/mol. The van der Waals surface area contributed by atoms with Crippen molar-refractivity contribution in [2.24, 2.45) is 0 Å². The van der Waals surface area contributed by atoms with Gasteiger partial charge in [0.2, 0.25) is 0 Å². The van der Waals surface area contributed by atoms with Gasteiger partial charge in [-0.05, 0) is 46.6 Å². The molecule has 5 nitrogen and oxygen atoms in total. The summed E-state index contributed by atoms with van der Waals surface area (Å²) in [7, 11) is 0. The molecule has 0 radical (unpaired) electrons. The molecule has 3 heterocycles. The highest BCUT2D eigenvalue weighted by atomic mass is 79.9. The summed E-state index contributed by atoms with van der Waals surface area (Å²) in [4.78, 5) is 25.7. The Morgan fingerprint density at radius 2 is 1.85 bits per heavy atom. The summed E-state index contributed by atoms with van der Waals surface area (Å²) in [5.74, 6) is 1.01. The number of carbonyl (C=O) groups excluding carboxylic acids is 1. The highest BCUT2D eigenvalue weighted by Gasteiger charge is 2.23. The second-order valence-electron chi connectivity index (χ2n) is 6.49. The SMILES string of the molecule is Cc1cc(N2CCN(C(=O)c3cncc(Br)c3)CC2)nc2ccccc12. The van der Waals surface area contributed by atoms with Gasteiger partial charge in [0.15, 0.2) is 0 Å². The summed E-state index contributed by atoms with van der Waals surface area (Å²) in [6.45, 7) is 5.03. The first-order chi connectivity index (χ1) is 12.6. The first kappa shape index (κ1) is 17.0. The fourth-order valence-corrected chi connectivity index (χ4v) is 3.71. The molecule has 1 aliphatic heterocycles. The molecule has 1 aliphatic rings. The number of rotatable bonds is 2. The molecule has 0 atom stereocenters. The van der Waals surface area contributed by atoms with Crippen molar-refractivity contribution in [2.45, 2.75) is 6.92 Å². The summed E-state index contributed by atoms with van der Waals surface area (Å²) in [5.41, 5.74) is 2.86. The van der Waals surface area contributed by atoms with Crippen LogP contribution in [0.3, 0.4) is 0 Å². The monoisotopic (exact) mass is 410 g/mol. The van der Waals surface area contributed by atoms with Crippen molar-refractivity contribution in [1.29, 1.82) is 0 Å². The Morgan fingerprint density at radius 3 is 2.62 bits per heavy atom. The molecule has 1 aromatic carbocycles. The van der Waals surface area contributed by atoms with Crippen LogP contribution in [-0.2, 0) is 0 Å². The number of nitrogens with zero attached hydrogens (tertiary/aromatic N) is 4. The fraction of sp³-hybridized carbons (Fsp3) is 0.250. The van der Waals surface area contributed by atoms with Crippen LogP contribution in [0.2, 0.25) is 0 Å². The third-order valence-electron chi connectivity index (χ3n) is 4.75. The summed E-state index contributed by atoms with van der Waals surface area (Å²) < 4.78 is 0.817. The van der Waals surface area contributed by atoms with E-state index in [4.69, 9.17) is 4.98 Å². The van der Waals surface area contributed by atoms with Crippen molar-refractivity contribution >= 4 is 38.6 Å². The maximum Gasteiger partial charge on any atom is 0.255 e. The summed E-state index contributed by atoms with van der Waals surface area (Å²) in [5, 5.41) is 1.19. The zero-order chi connectivity index (χ0) is 18.1. The van der Waals surface area contributed by atoms with Crippen molar-refractivity contribution in [3.8, 4) is 0 Å². The molecule has 1 saturated heterocycles. The Kier molecular flexibility index (Phi) is 4.59. The summed E-state index contributed by atoms with van der Waals surface area (Å²) in [6, 6.07) is 12.2. The summed E-state index contributed by atoms with van der Waals surface area (Å²) >= 11 is 3.37. The molecule has 0 unspecified atom stereocenters. The van der Waals surface area contributed by atoms with Crippen LogP contribution < -0.4 is 4.90 Å². The smallest absolute Gasteiger partial charge is 0.255 e. The van der Waals surface area contributed by atoms with Gasteiger partial charge in [0.1, 0.15) is 5.82 Å². The van der Waals surface area contributed by atoms with E-state index >= 15 is 0 Å². The lowest BCUT2D eigenvalue weighted by Gasteiger charge is -2.35. The molecule has 132 valence electrons. The molecule has 0 spiro atoms. The zero-order valence-corrected chi connectivity index (χ0v) is 16.1. The van der Waals surface area contributed by atoms with Gasteiger partial charge in [-0.15, -0.1) is 0 Å². The first-order valence-electron chi connectivity index (χ1n) is 8.63. The Labute approximate surface area is 160 Å². The van der Waals surface area contributed by atoms with Crippen molar-refractivity contribution in [1.82, 2.24) is 14.9 Å². The average Bonchev–Trinajstić information content (AvgIpc) is 2.67. The van der Waals surface area contributed by atoms with Crippen LogP contribution in [0.5, 0.6) is 0 Å². The lowest BCUT2D eigenvalue weighted by Crippen LogP contribution is -2.49. The zero-order valence-electron chi connectivity index (χ0n) is 14.5. The highest BCUT2D eigenvalue weighted by molar-refractivity contribution is 9.10. The number of pyridine rings is 2. The molecule has 3 aromatic rings. The van der Waals surface area contributed by atoms with Gasteiger partial charge >= 0.3 is 0 Å².